The summed E-state index contributed by atoms with van der Waals surface area (Å²) in [4.78, 5) is 11.1. The summed E-state index contributed by atoms with van der Waals surface area (Å²) in [5.74, 6) is 4.99. The number of ketones is 1. The molecular weight excluding hydrogens is 286 g/mol. The van der Waals surface area contributed by atoms with E-state index in [1.165, 1.54) is 0 Å². The Bertz CT molecular complexity index is 615. The Morgan fingerprint density at radius 2 is 1.76 bits per heavy atom. The minimum absolute atomic E-state index is 0.0386. The van der Waals surface area contributed by atoms with Gasteiger partial charge in [-0.25, -0.2) is 0 Å². The van der Waals surface area contributed by atoms with Gasteiger partial charge in [0, 0.05) is 16.3 Å². The molecule has 2 aromatic rings. The van der Waals surface area contributed by atoms with E-state index < -0.39 is 0 Å². The van der Waals surface area contributed by atoms with Gasteiger partial charge in [-0.05, 0) is 31.2 Å². The van der Waals surface area contributed by atoms with Crippen molar-refractivity contribution in [3.63, 3.8) is 0 Å². The Hall–Kier alpha value is -2.35. The average Bonchev–Trinajstić information content (AvgIpc) is 2.50. The predicted octanol–water partition coefficient (Wildman–Crippen LogP) is 3.72. The molecule has 0 aliphatic heterocycles. The first-order chi connectivity index (χ1) is 10.1. The lowest BCUT2D eigenvalue weighted by Crippen LogP contribution is -2.05. The van der Waals surface area contributed by atoms with Crippen molar-refractivity contribution >= 4 is 23.1 Å². The standard InChI is InChI=1S/C10H9NO.C6H7ClN2/c1-8-2-4-9(5-3-8)10(12)6-7-11;7-5-1-3-6(9-8)4-2-5/h2-5H,6H2,1H3;1-4,9H,8H2. The summed E-state index contributed by atoms with van der Waals surface area (Å²) in [6.07, 6.45) is -0.0386. The summed E-state index contributed by atoms with van der Waals surface area (Å²) >= 11 is 5.60. The maximum atomic E-state index is 11.1. The van der Waals surface area contributed by atoms with Gasteiger partial charge in [0.25, 0.3) is 0 Å². The number of carbonyl (C=O) groups is 1. The van der Waals surface area contributed by atoms with Crippen LogP contribution in [0.2, 0.25) is 5.02 Å². The largest absolute Gasteiger partial charge is 0.324 e. The molecule has 5 heteroatoms. The van der Waals surface area contributed by atoms with Crippen LogP contribution >= 0.6 is 11.6 Å². The highest BCUT2D eigenvalue weighted by molar-refractivity contribution is 6.30. The van der Waals surface area contributed by atoms with E-state index in [1.54, 1.807) is 24.3 Å². The number of nitrogens with zero attached hydrogens (tertiary/aromatic N) is 1. The third-order valence-corrected chi connectivity index (χ3v) is 2.88. The molecule has 4 nitrogen and oxygen atoms in total. The van der Waals surface area contributed by atoms with Gasteiger partial charge in [0.2, 0.25) is 0 Å². The number of nitrogens with one attached hydrogen (secondary N) is 1. The molecule has 0 bridgehead atoms. The predicted molar refractivity (Wildman–Crippen MR) is 85.0 cm³/mol. The molecule has 0 aliphatic rings. The number of Topliss-reactive ketones (excluding diaryl/α,β-unsaturated/α-hetero) is 1. The van der Waals surface area contributed by atoms with Gasteiger partial charge in [-0.1, -0.05) is 41.4 Å². The summed E-state index contributed by atoms with van der Waals surface area (Å²) in [6.45, 7) is 1.96. The lowest BCUT2D eigenvalue weighted by molar-refractivity contribution is 0.0997. The number of hydrogen-bond acceptors (Lipinski definition) is 4. The maximum absolute atomic E-state index is 11.1. The third-order valence-electron chi connectivity index (χ3n) is 2.62. The van der Waals surface area contributed by atoms with Crippen LogP contribution in [0.15, 0.2) is 48.5 Å². The molecular formula is C16H16ClN3O. The van der Waals surface area contributed by atoms with Crippen molar-refractivity contribution in [2.24, 2.45) is 5.84 Å². The molecule has 0 fully saturated rings. The van der Waals surface area contributed by atoms with Crippen molar-refractivity contribution in [2.45, 2.75) is 13.3 Å². The second-order valence-electron chi connectivity index (χ2n) is 4.28. The van der Waals surface area contributed by atoms with E-state index in [1.807, 2.05) is 37.3 Å². The van der Waals surface area contributed by atoms with Crippen LogP contribution in [0, 0.1) is 18.3 Å². The first kappa shape index (κ1) is 16.7. The molecule has 0 aliphatic carbocycles. The number of halogens is 1. The van der Waals surface area contributed by atoms with E-state index in [4.69, 9.17) is 22.7 Å². The SMILES string of the molecule is Cc1ccc(C(=O)CC#N)cc1.NNc1ccc(Cl)cc1. The summed E-state index contributed by atoms with van der Waals surface area (Å²) in [7, 11) is 0. The second kappa shape index (κ2) is 8.75. The lowest BCUT2D eigenvalue weighted by atomic mass is 10.1. The number of nitrogens with two attached hydrogens (primary N) is 1. The number of aryl methyl sites for hydroxylation is 1. The second-order valence-corrected chi connectivity index (χ2v) is 4.71. The molecule has 3 N–H and O–H groups in total. The zero-order valence-corrected chi connectivity index (χ0v) is 12.4. The Balaban J connectivity index is 0.000000219. The van der Waals surface area contributed by atoms with E-state index in [0.717, 1.165) is 11.3 Å². The molecule has 0 aromatic heterocycles. The molecule has 0 saturated heterocycles. The van der Waals surface area contributed by atoms with Crippen LogP contribution in [0.25, 0.3) is 0 Å². The minimum Gasteiger partial charge on any atom is -0.324 e. The summed E-state index contributed by atoms with van der Waals surface area (Å²) in [6, 6.07) is 16.2. The van der Waals surface area contributed by atoms with Gasteiger partial charge in [-0.2, -0.15) is 5.26 Å². The number of carbonyl (C=O) groups excluding carboxylic acids is 1. The zero-order chi connectivity index (χ0) is 15.7. The van der Waals surface area contributed by atoms with Gasteiger partial charge in [-0.3, -0.25) is 10.6 Å². The van der Waals surface area contributed by atoms with Crippen molar-refractivity contribution in [3.05, 3.63) is 64.7 Å². The van der Waals surface area contributed by atoms with Crippen molar-refractivity contribution in [3.8, 4) is 6.07 Å². The monoisotopic (exact) mass is 301 g/mol. The Morgan fingerprint density at radius 1 is 1.19 bits per heavy atom. The molecule has 0 unspecified atom stereocenters. The van der Waals surface area contributed by atoms with Gasteiger partial charge in [0.05, 0.1) is 12.5 Å². The van der Waals surface area contributed by atoms with E-state index in [2.05, 4.69) is 5.43 Å². The molecule has 0 radical (unpaired) electrons. The normalized spacial score (nSPS) is 9.05. The van der Waals surface area contributed by atoms with E-state index in [-0.39, 0.29) is 12.2 Å². The first-order valence-corrected chi connectivity index (χ1v) is 6.63. The fourth-order valence-electron chi connectivity index (χ4n) is 1.46. The smallest absolute Gasteiger partial charge is 0.176 e. The minimum atomic E-state index is -0.113. The van der Waals surface area contributed by atoms with E-state index in [9.17, 15) is 4.79 Å². The van der Waals surface area contributed by atoms with Gasteiger partial charge < -0.3 is 5.43 Å². The molecule has 21 heavy (non-hydrogen) atoms. The first-order valence-electron chi connectivity index (χ1n) is 6.26. The van der Waals surface area contributed by atoms with Gasteiger partial charge in [0.1, 0.15) is 0 Å². The molecule has 0 spiro atoms. The number of benzene rings is 2. The van der Waals surface area contributed by atoms with Crippen molar-refractivity contribution in [1.29, 1.82) is 5.26 Å². The van der Waals surface area contributed by atoms with Crippen LogP contribution in [0.1, 0.15) is 22.3 Å². The summed E-state index contributed by atoms with van der Waals surface area (Å²) < 4.78 is 0. The number of hydrogen-bond donors (Lipinski definition) is 2. The van der Waals surface area contributed by atoms with Crippen molar-refractivity contribution in [1.82, 2.24) is 0 Å². The summed E-state index contributed by atoms with van der Waals surface area (Å²) in [5.41, 5.74) is 5.08. The van der Waals surface area contributed by atoms with Crippen LogP contribution in [0.3, 0.4) is 0 Å². The lowest BCUT2D eigenvalue weighted by Gasteiger charge is -1.96. The quantitative estimate of drug-likeness (QED) is 0.514. The third kappa shape index (κ3) is 6.09. The van der Waals surface area contributed by atoms with Gasteiger partial charge >= 0.3 is 0 Å². The van der Waals surface area contributed by atoms with E-state index >= 15 is 0 Å². The molecule has 0 amide bonds. The topological polar surface area (TPSA) is 78.9 Å². The van der Waals surface area contributed by atoms with Gasteiger partial charge in [-0.15, -0.1) is 0 Å². The Kier molecular flexibility index (Phi) is 6.96. The highest BCUT2D eigenvalue weighted by Crippen LogP contribution is 2.11. The number of hydrazine groups is 1. The van der Waals surface area contributed by atoms with Crippen LogP contribution < -0.4 is 11.3 Å². The average molecular weight is 302 g/mol. The zero-order valence-electron chi connectivity index (χ0n) is 11.6. The molecule has 2 aromatic carbocycles. The number of anilines is 1. The highest BCUT2D eigenvalue weighted by atomic mass is 35.5. The fraction of sp³-hybridized carbons (Fsp3) is 0.125. The Morgan fingerprint density at radius 3 is 2.24 bits per heavy atom. The molecule has 108 valence electrons. The van der Waals surface area contributed by atoms with Crippen LogP contribution in [0.4, 0.5) is 5.69 Å². The Labute approximate surface area is 129 Å². The van der Waals surface area contributed by atoms with Crippen LogP contribution in [-0.2, 0) is 0 Å². The van der Waals surface area contributed by atoms with Crippen LogP contribution in [-0.4, -0.2) is 5.78 Å². The number of nitriles is 1. The molecule has 2 rings (SSSR count). The van der Waals surface area contributed by atoms with Crippen molar-refractivity contribution in [2.75, 3.05) is 5.43 Å². The number of rotatable bonds is 3. The fourth-order valence-corrected chi connectivity index (χ4v) is 1.59. The molecule has 0 saturated carbocycles. The number of nitrogen functional groups attached to an aromatic ring is 1. The molecule has 0 heterocycles. The van der Waals surface area contributed by atoms with Gasteiger partial charge in [0.15, 0.2) is 5.78 Å². The summed E-state index contributed by atoms with van der Waals surface area (Å²) in [5, 5.41) is 9.00. The maximum Gasteiger partial charge on any atom is 0.176 e. The van der Waals surface area contributed by atoms with E-state index in [0.29, 0.717) is 10.6 Å². The highest BCUT2D eigenvalue weighted by Gasteiger charge is 2.02. The van der Waals surface area contributed by atoms with Crippen LogP contribution in [0.5, 0.6) is 0 Å². The van der Waals surface area contributed by atoms with Crippen molar-refractivity contribution < 1.29 is 4.79 Å². The molecule has 0 atom stereocenters.